The lowest BCUT2D eigenvalue weighted by Crippen LogP contribution is -2.52. The molecule has 0 spiro atoms. The third-order valence-corrected chi connectivity index (χ3v) is 7.09. The van der Waals surface area contributed by atoms with Gasteiger partial charge >= 0.3 is 0 Å². The minimum atomic E-state index is -0.0945. The number of hydrogen-bond acceptors (Lipinski definition) is 4. The molecule has 162 valence electrons. The number of hydrogen-bond donors (Lipinski definition) is 2. The average Bonchev–Trinajstić information content (AvgIpc) is 3.37. The van der Waals surface area contributed by atoms with Crippen LogP contribution in [0, 0.1) is 5.92 Å². The summed E-state index contributed by atoms with van der Waals surface area (Å²) in [7, 11) is 1.96. The second kappa shape index (κ2) is 8.55. The number of H-pyrrole nitrogens is 1. The van der Waals surface area contributed by atoms with E-state index in [9.17, 15) is 9.59 Å². The van der Waals surface area contributed by atoms with Crippen LogP contribution in [0.15, 0.2) is 24.4 Å². The third-order valence-electron chi connectivity index (χ3n) is 7.09. The van der Waals surface area contributed by atoms with Crippen molar-refractivity contribution in [2.45, 2.75) is 56.7 Å². The van der Waals surface area contributed by atoms with E-state index in [0.717, 1.165) is 36.6 Å². The summed E-state index contributed by atoms with van der Waals surface area (Å²) in [5.41, 5.74) is 1.58. The van der Waals surface area contributed by atoms with E-state index in [4.69, 9.17) is 0 Å². The quantitative estimate of drug-likeness (QED) is 0.782. The van der Waals surface area contributed by atoms with Crippen molar-refractivity contribution in [3.8, 4) is 0 Å². The van der Waals surface area contributed by atoms with E-state index in [2.05, 4.69) is 15.5 Å². The Kier molecular flexibility index (Phi) is 6.02. The van der Waals surface area contributed by atoms with Crippen LogP contribution in [0.2, 0.25) is 0 Å². The molecule has 0 radical (unpaired) electrons. The van der Waals surface area contributed by atoms with Gasteiger partial charge in [0, 0.05) is 49.2 Å². The highest BCUT2D eigenvalue weighted by Crippen LogP contribution is 2.31. The normalized spacial score (nSPS) is 28.2. The Morgan fingerprint density at radius 3 is 2.70 bits per heavy atom. The first-order chi connectivity index (χ1) is 14.1. The Bertz CT molecular complexity index is 919. The van der Waals surface area contributed by atoms with Gasteiger partial charge in [-0.1, -0.05) is 0 Å². The van der Waals surface area contributed by atoms with Crippen LogP contribution < -0.4 is 5.32 Å². The van der Waals surface area contributed by atoms with Crippen molar-refractivity contribution in [2.75, 3.05) is 20.1 Å². The van der Waals surface area contributed by atoms with E-state index in [0.29, 0.717) is 36.8 Å². The molecule has 8 heteroatoms. The smallest absolute Gasteiger partial charge is 0.253 e. The summed E-state index contributed by atoms with van der Waals surface area (Å²) in [5.74, 6) is 0.121. The molecular formula is C22H30ClN5O2. The van der Waals surface area contributed by atoms with Crippen LogP contribution in [-0.4, -0.2) is 70.1 Å². The van der Waals surface area contributed by atoms with E-state index in [-0.39, 0.29) is 30.1 Å². The number of amides is 2. The van der Waals surface area contributed by atoms with Gasteiger partial charge in [0.05, 0.1) is 17.6 Å². The molecular weight excluding hydrogens is 402 g/mol. The zero-order valence-electron chi connectivity index (χ0n) is 17.3. The highest BCUT2D eigenvalue weighted by Gasteiger charge is 2.38. The molecule has 5 rings (SSSR count). The minimum Gasteiger partial charge on any atom is -0.342 e. The molecule has 4 heterocycles. The summed E-state index contributed by atoms with van der Waals surface area (Å²) in [6, 6.07) is 7.07. The van der Waals surface area contributed by atoms with Gasteiger partial charge in [0.15, 0.2) is 0 Å². The zero-order chi connectivity index (χ0) is 20.0. The fourth-order valence-corrected chi connectivity index (χ4v) is 5.43. The second-order valence-corrected chi connectivity index (χ2v) is 8.97. The molecule has 0 aliphatic carbocycles. The van der Waals surface area contributed by atoms with Gasteiger partial charge in [-0.2, -0.15) is 5.10 Å². The second-order valence-electron chi connectivity index (χ2n) is 8.97. The molecule has 3 aliphatic rings. The molecule has 3 saturated heterocycles. The Labute approximate surface area is 183 Å². The highest BCUT2D eigenvalue weighted by atomic mass is 35.5. The van der Waals surface area contributed by atoms with E-state index in [1.165, 1.54) is 12.8 Å². The van der Waals surface area contributed by atoms with Crippen molar-refractivity contribution in [2.24, 2.45) is 5.92 Å². The molecule has 2 N–H and O–H groups in total. The molecule has 2 aromatic rings. The molecule has 3 unspecified atom stereocenters. The van der Waals surface area contributed by atoms with Crippen molar-refractivity contribution >= 4 is 35.1 Å². The standard InChI is InChI=1S/C22H29N5O2.ClH/c1-26(19-10-17-5-6-18(11-19)24-17)21(28)15-3-2-8-27(13-15)22(29)14-4-7-20-16(9-14)12-23-25-20;/h4,7,9,12,15,17-19,24H,2-3,5-6,8,10-11,13H2,1H3,(H,23,25);1H. The molecule has 2 amide bonds. The Morgan fingerprint density at radius 2 is 1.93 bits per heavy atom. The van der Waals surface area contributed by atoms with Crippen LogP contribution in [0.25, 0.3) is 10.9 Å². The first-order valence-corrected chi connectivity index (χ1v) is 10.8. The largest absolute Gasteiger partial charge is 0.342 e. The number of likely N-dealkylation sites (tertiary alicyclic amines) is 1. The van der Waals surface area contributed by atoms with Crippen LogP contribution in [0.3, 0.4) is 0 Å². The SMILES string of the molecule is CN(C(=O)C1CCCN(C(=O)c2ccc3[nH]ncc3c2)C1)C1CC2CCC(C1)N2.Cl. The topological polar surface area (TPSA) is 81.3 Å². The number of carbonyl (C=O) groups is 2. The predicted octanol–water partition coefficient (Wildman–Crippen LogP) is 2.58. The van der Waals surface area contributed by atoms with Gasteiger partial charge < -0.3 is 15.1 Å². The van der Waals surface area contributed by atoms with Gasteiger partial charge in [0.2, 0.25) is 5.91 Å². The first-order valence-electron chi connectivity index (χ1n) is 10.8. The van der Waals surface area contributed by atoms with Crippen molar-refractivity contribution < 1.29 is 9.59 Å². The van der Waals surface area contributed by atoms with Crippen LogP contribution in [0.5, 0.6) is 0 Å². The Hall–Kier alpha value is -2.12. The number of rotatable bonds is 3. The van der Waals surface area contributed by atoms with Crippen molar-refractivity contribution in [1.82, 2.24) is 25.3 Å². The van der Waals surface area contributed by atoms with Crippen molar-refractivity contribution in [3.05, 3.63) is 30.0 Å². The summed E-state index contributed by atoms with van der Waals surface area (Å²) in [5, 5.41) is 11.5. The van der Waals surface area contributed by atoms with Gasteiger partial charge in [-0.25, -0.2) is 0 Å². The van der Waals surface area contributed by atoms with Gasteiger partial charge in [0.1, 0.15) is 0 Å². The molecule has 2 bridgehead atoms. The van der Waals surface area contributed by atoms with E-state index in [1.807, 2.05) is 35.0 Å². The monoisotopic (exact) mass is 431 g/mol. The average molecular weight is 432 g/mol. The maximum atomic E-state index is 13.2. The number of fused-ring (bicyclic) bond motifs is 3. The molecule has 30 heavy (non-hydrogen) atoms. The van der Waals surface area contributed by atoms with Crippen LogP contribution in [-0.2, 0) is 4.79 Å². The number of nitrogens with one attached hydrogen (secondary N) is 2. The fourth-order valence-electron chi connectivity index (χ4n) is 5.43. The number of nitrogens with zero attached hydrogens (tertiary/aromatic N) is 3. The van der Waals surface area contributed by atoms with Gasteiger partial charge in [-0.3, -0.25) is 14.7 Å². The minimum absolute atomic E-state index is 0. The molecule has 3 aliphatic heterocycles. The summed E-state index contributed by atoms with van der Waals surface area (Å²) in [6.45, 7) is 1.23. The maximum Gasteiger partial charge on any atom is 0.253 e. The molecule has 0 saturated carbocycles. The zero-order valence-corrected chi connectivity index (χ0v) is 18.2. The summed E-state index contributed by atoms with van der Waals surface area (Å²) in [6.07, 6.45) is 8.05. The molecule has 3 fully saturated rings. The van der Waals surface area contributed by atoms with Crippen LogP contribution in [0.4, 0.5) is 0 Å². The van der Waals surface area contributed by atoms with Crippen molar-refractivity contribution in [3.63, 3.8) is 0 Å². The van der Waals surface area contributed by atoms with E-state index >= 15 is 0 Å². The summed E-state index contributed by atoms with van der Waals surface area (Å²) < 4.78 is 0. The number of halogens is 1. The molecule has 3 atom stereocenters. The van der Waals surface area contributed by atoms with Crippen LogP contribution >= 0.6 is 12.4 Å². The van der Waals surface area contributed by atoms with Crippen molar-refractivity contribution in [1.29, 1.82) is 0 Å². The predicted molar refractivity (Wildman–Crippen MR) is 118 cm³/mol. The Morgan fingerprint density at radius 1 is 1.17 bits per heavy atom. The van der Waals surface area contributed by atoms with E-state index in [1.54, 1.807) is 6.20 Å². The third kappa shape index (κ3) is 3.93. The number of aromatic nitrogens is 2. The fraction of sp³-hybridized carbons (Fsp3) is 0.591. The maximum absolute atomic E-state index is 13.2. The number of benzene rings is 1. The Balaban J connectivity index is 0.00000218. The first kappa shape index (κ1) is 21.1. The molecule has 7 nitrogen and oxygen atoms in total. The lowest BCUT2D eigenvalue weighted by molar-refractivity contribution is -0.138. The van der Waals surface area contributed by atoms with Gasteiger partial charge in [-0.05, 0) is 56.7 Å². The summed E-state index contributed by atoms with van der Waals surface area (Å²) >= 11 is 0. The molecule has 1 aromatic heterocycles. The summed E-state index contributed by atoms with van der Waals surface area (Å²) in [4.78, 5) is 30.1. The number of piperidine rings is 2. The lowest BCUT2D eigenvalue weighted by Gasteiger charge is -2.39. The number of aromatic amines is 1. The number of carbonyl (C=O) groups excluding carboxylic acids is 2. The highest BCUT2D eigenvalue weighted by molar-refractivity contribution is 5.98. The molecule has 1 aromatic carbocycles. The lowest BCUT2D eigenvalue weighted by atomic mass is 9.93. The van der Waals surface area contributed by atoms with Gasteiger partial charge in [-0.15, -0.1) is 12.4 Å². The van der Waals surface area contributed by atoms with Gasteiger partial charge in [0.25, 0.3) is 5.91 Å². The van der Waals surface area contributed by atoms with E-state index < -0.39 is 0 Å². The van der Waals surface area contributed by atoms with Crippen LogP contribution in [0.1, 0.15) is 48.9 Å².